The van der Waals surface area contributed by atoms with E-state index < -0.39 is 18.1 Å². The minimum atomic E-state index is -0.754. The number of carbonyl (C=O) groups is 2. The van der Waals surface area contributed by atoms with Crippen LogP contribution in [0.15, 0.2) is 40.4 Å². The Morgan fingerprint density at radius 3 is 2.26 bits per heavy atom. The van der Waals surface area contributed by atoms with Crippen molar-refractivity contribution in [3.8, 4) is 10.4 Å². The number of aliphatic hydroxyl groups is 1. The zero-order valence-corrected chi connectivity index (χ0v) is 25.5. The van der Waals surface area contributed by atoms with Crippen molar-refractivity contribution < 1.29 is 19.2 Å². The highest BCUT2D eigenvalue weighted by molar-refractivity contribution is 7.13. The third-order valence-corrected chi connectivity index (χ3v) is 7.50. The standard InChI is InChI=1S/C26H32N4O4S.2C2H6/c1-14(2)23(22-10-15(3)29-34-22)26(33)30-12-20(31)11-21(30)25(32)28-16(4)18-6-8-19(9-7-18)24-17(5)27-13-35-24;2*1-2/h6-10,13-14,16,20-21,23,31H,11-12H2,1-5H3,(H,28,32);2*1-2H3/t16-,20+,21-,23?;;/m0../s1. The van der Waals surface area contributed by atoms with Gasteiger partial charge in [-0.3, -0.25) is 9.59 Å². The number of nitrogens with one attached hydrogen (secondary N) is 1. The number of nitrogens with zero attached hydrogens (tertiary/aromatic N) is 3. The molecule has 1 aliphatic rings. The van der Waals surface area contributed by atoms with Gasteiger partial charge in [-0.1, -0.05) is 71.0 Å². The van der Waals surface area contributed by atoms with Crippen molar-refractivity contribution in [2.75, 3.05) is 6.54 Å². The third-order valence-electron chi connectivity index (χ3n) is 6.53. The van der Waals surface area contributed by atoms with Crippen molar-refractivity contribution in [3.05, 3.63) is 58.6 Å². The van der Waals surface area contributed by atoms with E-state index in [2.05, 4.69) is 15.5 Å². The fraction of sp³-hybridized carbons (Fsp3) is 0.533. The fourth-order valence-corrected chi connectivity index (χ4v) is 5.46. The SMILES string of the molecule is CC.CC.Cc1cc(C(C(=O)N2C[C@H](O)C[C@H]2C(=O)N[C@@H](C)c2ccc(-c3scnc3C)cc2)C(C)C)on1. The van der Waals surface area contributed by atoms with Crippen LogP contribution in [0.3, 0.4) is 0 Å². The molecule has 2 N–H and O–H groups in total. The van der Waals surface area contributed by atoms with E-state index in [0.29, 0.717) is 11.5 Å². The van der Waals surface area contributed by atoms with Crippen molar-refractivity contribution in [1.29, 1.82) is 0 Å². The summed E-state index contributed by atoms with van der Waals surface area (Å²) in [4.78, 5) is 33.7. The molecule has 4 rings (SSSR count). The molecule has 2 aromatic heterocycles. The molecule has 1 unspecified atom stereocenters. The van der Waals surface area contributed by atoms with Crippen LogP contribution in [0, 0.1) is 19.8 Å². The smallest absolute Gasteiger partial charge is 0.243 e. The number of aliphatic hydroxyl groups excluding tert-OH is 1. The quantitative estimate of drug-likeness (QED) is 0.367. The number of benzene rings is 1. The molecule has 2 amide bonds. The summed E-state index contributed by atoms with van der Waals surface area (Å²) < 4.78 is 5.39. The van der Waals surface area contributed by atoms with Gasteiger partial charge in [0.2, 0.25) is 11.8 Å². The highest BCUT2D eigenvalue weighted by atomic mass is 32.1. The van der Waals surface area contributed by atoms with E-state index in [1.54, 1.807) is 24.3 Å². The van der Waals surface area contributed by atoms with Gasteiger partial charge in [-0.25, -0.2) is 4.98 Å². The van der Waals surface area contributed by atoms with E-state index in [-0.39, 0.29) is 36.7 Å². The summed E-state index contributed by atoms with van der Waals surface area (Å²) in [5, 5.41) is 17.3. The van der Waals surface area contributed by atoms with Crippen LogP contribution in [-0.2, 0) is 9.59 Å². The maximum Gasteiger partial charge on any atom is 0.243 e. The van der Waals surface area contributed by atoms with Crippen LogP contribution in [0.4, 0.5) is 0 Å². The summed E-state index contributed by atoms with van der Waals surface area (Å²) in [5.74, 6) is -0.661. The highest BCUT2D eigenvalue weighted by Gasteiger charge is 2.43. The lowest BCUT2D eigenvalue weighted by molar-refractivity contribution is -0.141. The first-order valence-corrected chi connectivity index (χ1v) is 14.8. The average molecular weight is 557 g/mol. The molecule has 39 heavy (non-hydrogen) atoms. The number of aryl methyl sites for hydroxylation is 2. The normalized spacial score (nSPS) is 18.0. The first-order chi connectivity index (χ1) is 18.7. The highest BCUT2D eigenvalue weighted by Crippen LogP contribution is 2.32. The molecule has 1 aromatic carbocycles. The van der Waals surface area contributed by atoms with Crippen molar-refractivity contribution in [2.24, 2.45) is 5.92 Å². The third kappa shape index (κ3) is 7.76. The van der Waals surface area contributed by atoms with Crippen molar-refractivity contribution in [1.82, 2.24) is 20.4 Å². The van der Waals surface area contributed by atoms with Crippen LogP contribution in [0.2, 0.25) is 0 Å². The van der Waals surface area contributed by atoms with Gasteiger partial charge in [0.15, 0.2) is 0 Å². The van der Waals surface area contributed by atoms with Crippen LogP contribution in [-0.4, -0.2) is 50.7 Å². The van der Waals surface area contributed by atoms with Crippen LogP contribution in [0.25, 0.3) is 10.4 Å². The molecule has 0 aliphatic carbocycles. The Morgan fingerprint density at radius 2 is 1.74 bits per heavy atom. The fourth-order valence-electron chi connectivity index (χ4n) is 4.64. The van der Waals surface area contributed by atoms with Crippen LogP contribution < -0.4 is 5.32 Å². The second-order valence-electron chi connectivity index (χ2n) is 9.61. The Bertz CT molecular complexity index is 1190. The topological polar surface area (TPSA) is 109 Å². The molecule has 0 spiro atoms. The molecule has 1 saturated heterocycles. The summed E-state index contributed by atoms with van der Waals surface area (Å²) in [6.45, 7) is 17.7. The van der Waals surface area contributed by atoms with Gasteiger partial charge in [0.25, 0.3) is 0 Å². The predicted molar refractivity (Wildman–Crippen MR) is 156 cm³/mol. The summed E-state index contributed by atoms with van der Waals surface area (Å²) in [7, 11) is 0. The molecule has 0 radical (unpaired) electrons. The van der Waals surface area contributed by atoms with Gasteiger partial charge in [0.05, 0.1) is 33.9 Å². The lowest BCUT2D eigenvalue weighted by atomic mass is 9.91. The Kier molecular flexibility index (Phi) is 12.3. The van der Waals surface area contributed by atoms with Crippen molar-refractivity contribution in [3.63, 3.8) is 0 Å². The molecule has 0 saturated carbocycles. The predicted octanol–water partition coefficient (Wildman–Crippen LogP) is 6.05. The van der Waals surface area contributed by atoms with Gasteiger partial charge in [0.1, 0.15) is 17.7 Å². The van der Waals surface area contributed by atoms with Crippen molar-refractivity contribution >= 4 is 23.2 Å². The molecule has 1 aliphatic heterocycles. The van der Waals surface area contributed by atoms with Gasteiger partial charge in [-0.2, -0.15) is 0 Å². The van der Waals surface area contributed by atoms with Gasteiger partial charge in [0, 0.05) is 19.0 Å². The lowest BCUT2D eigenvalue weighted by Gasteiger charge is -2.29. The molecule has 4 atom stereocenters. The Morgan fingerprint density at radius 1 is 1.10 bits per heavy atom. The zero-order chi connectivity index (χ0) is 29.3. The monoisotopic (exact) mass is 556 g/mol. The van der Waals surface area contributed by atoms with Crippen LogP contribution >= 0.6 is 11.3 Å². The van der Waals surface area contributed by atoms with E-state index in [4.69, 9.17) is 4.52 Å². The van der Waals surface area contributed by atoms with E-state index in [0.717, 1.165) is 21.7 Å². The van der Waals surface area contributed by atoms with E-state index in [1.807, 2.05) is 85.2 Å². The number of hydrogen-bond acceptors (Lipinski definition) is 7. The maximum atomic E-state index is 13.5. The Hall–Kier alpha value is -3.04. The van der Waals surface area contributed by atoms with Crippen molar-refractivity contribution in [2.45, 2.75) is 92.8 Å². The molecular formula is C30H44N4O4S. The summed E-state index contributed by atoms with van der Waals surface area (Å²) >= 11 is 1.60. The van der Waals surface area contributed by atoms with Gasteiger partial charge >= 0.3 is 0 Å². The van der Waals surface area contributed by atoms with Gasteiger partial charge < -0.3 is 19.8 Å². The van der Waals surface area contributed by atoms with E-state index >= 15 is 0 Å². The number of hydrogen-bond donors (Lipinski definition) is 2. The second kappa shape index (κ2) is 14.9. The van der Waals surface area contributed by atoms with Gasteiger partial charge in [-0.05, 0) is 37.8 Å². The van der Waals surface area contributed by atoms with Crippen LogP contribution in [0.5, 0.6) is 0 Å². The lowest BCUT2D eigenvalue weighted by Crippen LogP contribution is -2.48. The number of carbonyl (C=O) groups excluding carboxylic acids is 2. The minimum absolute atomic E-state index is 0.0593. The van der Waals surface area contributed by atoms with Gasteiger partial charge in [-0.15, -0.1) is 11.3 Å². The van der Waals surface area contributed by atoms with E-state index in [9.17, 15) is 14.7 Å². The first kappa shape index (κ1) is 32.2. The molecule has 9 heteroatoms. The molecule has 3 aromatic rings. The second-order valence-corrected chi connectivity index (χ2v) is 10.5. The Labute approximate surface area is 236 Å². The first-order valence-electron chi connectivity index (χ1n) is 13.9. The minimum Gasteiger partial charge on any atom is -0.391 e. The summed E-state index contributed by atoms with van der Waals surface area (Å²) in [6, 6.07) is 8.79. The number of amides is 2. The zero-order valence-electron chi connectivity index (χ0n) is 24.7. The number of likely N-dealkylation sites (tertiary alicyclic amines) is 1. The maximum absolute atomic E-state index is 13.5. The number of β-amino-alcohol motifs (C(OH)–C–C–N with tert-alkyl or cyclic N) is 1. The Balaban J connectivity index is 0.00000127. The molecule has 3 heterocycles. The molecule has 214 valence electrons. The molecular weight excluding hydrogens is 512 g/mol. The molecule has 0 bridgehead atoms. The largest absolute Gasteiger partial charge is 0.391 e. The van der Waals surface area contributed by atoms with Crippen LogP contribution in [0.1, 0.15) is 89.6 Å². The van der Waals surface area contributed by atoms with E-state index in [1.165, 1.54) is 4.90 Å². The molecule has 1 fully saturated rings. The average Bonchev–Trinajstić information content (AvgIpc) is 3.66. The molecule has 8 nitrogen and oxygen atoms in total. The summed E-state index contributed by atoms with van der Waals surface area (Å²) in [6.07, 6.45) is -0.551. The number of rotatable bonds is 7. The number of thiazole rings is 1. The number of aromatic nitrogens is 2. The summed E-state index contributed by atoms with van der Waals surface area (Å²) in [5.41, 5.74) is 5.56.